The van der Waals surface area contributed by atoms with Crippen LogP contribution < -0.4 is 9.62 Å². The molecule has 0 radical (unpaired) electrons. The molecule has 0 saturated heterocycles. The Kier molecular flexibility index (Phi) is 5.90. The molecule has 1 aliphatic rings. The van der Waals surface area contributed by atoms with Gasteiger partial charge in [-0.3, -0.25) is 9.10 Å². The van der Waals surface area contributed by atoms with E-state index in [-0.39, 0.29) is 16.8 Å². The molecule has 1 unspecified atom stereocenters. The van der Waals surface area contributed by atoms with E-state index >= 15 is 0 Å². The molecule has 34 heavy (non-hydrogen) atoms. The molecule has 7 nitrogen and oxygen atoms in total. The van der Waals surface area contributed by atoms with E-state index in [2.05, 4.69) is 10.3 Å². The molecule has 0 saturated carbocycles. The van der Waals surface area contributed by atoms with Crippen molar-refractivity contribution in [2.45, 2.75) is 23.9 Å². The van der Waals surface area contributed by atoms with Crippen LogP contribution in [0.3, 0.4) is 0 Å². The van der Waals surface area contributed by atoms with Gasteiger partial charge >= 0.3 is 0 Å². The number of carbonyl (C=O) groups is 1. The average molecular weight is 473 g/mol. The number of hydrogen-bond acceptors (Lipinski definition) is 4. The zero-order valence-corrected chi connectivity index (χ0v) is 19.2. The summed E-state index contributed by atoms with van der Waals surface area (Å²) in [5.41, 5.74) is 2.94. The fourth-order valence-corrected chi connectivity index (χ4v) is 5.80. The highest BCUT2D eigenvalue weighted by atomic mass is 32.2. The van der Waals surface area contributed by atoms with Gasteiger partial charge in [0.25, 0.3) is 15.9 Å². The first-order valence-electron chi connectivity index (χ1n) is 11.0. The lowest BCUT2D eigenvalue weighted by molar-refractivity contribution is 0.0932. The summed E-state index contributed by atoms with van der Waals surface area (Å²) in [6.45, 7) is 0.886. The number of imidazole rings is 1. The summed E-state index contributed by atoms with van der Waals surface area (Å²) < 4.78 is 30.1. The number of sulfonamides is 1. The summed E-state index contributed by atoms with van der Waals surface area (Å²) in [4.78, 5) is 17.4. The van der Waals surface area contributed by atoms with Crippen molar-refractivity contribution in [1.82, 2.24) is 14.9 Å². The molecule has 1 aromatic heterocycles. The van der Waals surface area contributed by atoms with E-state index in [1.807, 2.05) is 65.4 Å². The smallest absolute Gasteiger partial charge is 0.264 e. The highest BCUT2D eigenvalue weighted by Crippen LogP contribution is 2.32. The van der Waals surface area contributed by atoms with E-state index in [4.69, 9.17) is 0 Å². The summed E-state index contributed by atoms with van der Waals surface area (Å²) in [5.74, 6) is -0.340. The summed E-state index contributed by atoms with van der Waals surface area (Å²) in [5, 5.41) is 3.06. The van der Waals surface area contributed by atoms with Crippen molar-refractivity contribution in [3.63, 3.8) is 0 Å². The van der Waals surface area contributed by atoms with Crippen molar-refractivity contribution in [2.24, 2.45) is 0 Å². The summed E-state index contributed by atoms with van der Waals surface area (Å²) in [7, 11) is -3.79. The van der Waals surface area contributed by atoms with E-state index in [1.165, 1.54) is 16.4 Å². The topological polar surface area (TPSA) is 84.3 Å². The van der Waals surface area contributed by atoms with Crippen LogP contribution in [0.15, 0.2) is 102 Å². The Bertz CT molecular complexity index is 1400. The monoisotopic (exact) mass is 472 g/mol. The van der Waals surface area contributed by atoms with Crippen LogP contribution >= 0.6 is 0 Å². The molecule has 2 heterocycles. The Balaban J connectivity index is 1.41. The standard InChI is InChI=1S/C26H24N4O3S/c31-26(28-24(18-29-16-14-27-19-29)20-7-2-1-3-8-20)22-10-6-11-23(17-22)34(32,33)30-15-13-21-9-4-5-12-25(21)30/h1-12,14,16-17,19,24H,13,15,18H2,(H,28,31). The van der Waals surface area contributed by atoms with Gasteiger partial charge in [0.1, 0.15) is 0 Å². The Morgan fingerprint density at radius 3 is 2.59 bits per heavy atom. The first-order valence-corrected chi connectivity index (χ1v) is 12.5. The average Bonchev–Trinajstić information content (AvgIpc) is 3.54. The number of hydrogen-bond donors (Lipinski definition) is 1. The van der Waals surface area contributed by atoms with Gasteiger partial charge in [0.2, 0.25) is 0 Å². The SMILES string of the molecule is O=C(NC(Cn1ccnc1)c1ccccc1)c1cccc(S(=O)(=O)N2CCc3ccccc32)c1. The largest absolute Gasteiger partial charge is 0.343 e. The number of carbonyl (C=O) groups excluding carboxylic acids is 1. The normalized spacial score (nSPS) is 13.9. The number of fused-ring (bicyclic) bond motifs is 1. The Labute approximate surface area is 198 Å². The molecule has 0 aliphatic carbocycles. The van der Waals surface area contributed by atoms with Crippen LogP contribution in [0.4, 0.5) is 5.69 Å². The molecule has 0 bridgehead atoms. The van der Waals surface area contributed by atoms with E-state index in [0.717, 1.165) is 11.1 Å². The maximum absolute atomic E-state index is 13.4. The minimum atomic E-state index is -3.79. The number of amides is 1. The maximum atomic E-state index is 13.4. The van der Waals surface area contributed by atoms with Gasteiger partial charge in [-0.15, -0.1) is 0 Å². The lowest BCUT2D eigenvalue weighted by atomic mass is 10.1. The third kappa shape index (κ3) is 4.32. The summed E-state index contributed by atoms with van der Waals surface area (Å²) >= 11 is 0. The second-order valence-electron chi connectivity index (χ2n) is 8.18. The van der Waals surface area contributed by atoms with Crippen molar-refractivity contribution in [3.05, 3.63) is 114 Å². The molecule has 1 aliphatic heterocycles. The van der Waals surface area contributed by atoms with E-state index < -0.39 is 10.0 Å². The van der Waals surface area contributed by atoms with Crippen molar-refractivity contribution >= 4 is 21.6 Å². The molecule has 0 spiro atoms. The molecule has 3 aromatic carbocycles. The first-order chi connectivity index (χ1) is 16.5. The van der Waals surface area contributed by atoms with Crippen LogP contribution in [0, 0.1) is 0 Å². The lowest BCUT2D eigenvalue weighted by Gasteiger charge is -2.21. The molecule has 4 aromatic rings. The van der Waals surface area contributed by atoms with Crippen molar-refractivity contribution in [1.29, 1.82) is 0 Å². The van der Waals surface area contributed by atoms with E-state index in [0.29, 0.717) is 30.8 Å². The molecular weight excluding hydrogens is 448 g/mol. The quantitative estimate of drug-likeness (QED) is 0.443. The number of para-hydroxylation sites is 1. The molecule has 0 fully saturated rings. The van der Waals surface area contributed by atoms with Crippen molar-refractivity contribution in [2.75, 3.05) is 10.8 Å². The van der Waals surface area contributed by atoms with Gasteiger partial charge in [-0.1, -0.05) is 54.6 Å². The van der Waals surface area contributed by atoms with Gasteiger partial charge in [-0.05, 0) is 41.8 Å². The Hall–Kier alpha value is -3.91. The minimum absolute atomic E-state index is 0.0997. The van der Waals surface area contributed by atoms with Gasteiger partial charge in [0.05, 0.1) is 23.0 Å². The zero-order chi connectivity index (χ0) is 23.5. The van der Waals surface area contributed by atoms with E-state index in [9.17, 15) is 13.2 Å². The van der Waals surface area contributed by atoms with Crippen LogP contribution in [0.25, 0.3) is 0 Å². The molecule has 1 amide bonds. The van der Waals surface area contributed by atoms with Crippen LogP contribution in [-0.2, 0) is 23.0 Å². The first kappa shape index (κ1) is 21.9. The van der Waals surface area contributed by atoms with Gasteiger partial charge < -0.3 is 9.88 Å². The third-order valence-corrected chi connectivity index (χ3v) is 7.80. The van der Waals surface area contributed by atoms with Crippen LogP contribution in [0.1, 0.15) is 27.5 Å². The van der Waals surface area contributed by atoms with Crippen LogP contribution in [0.5, 0.6) is 0 Å². The number of nitrogens with one attached hydrogen (secondary N) is 1. The van der Waals surface area contributed by atoms with Gasteiger partial charge in [-0.25, -0.2) is 13.4 Å². The van der Waals surface area contributed by atoms with Crippen molar-refractivity contribution < 1.29 is 13.2 Å². The van der Waals surface area contributed by atoms with E-state index in [1.54, 1.807) is 24.7 Å². The number of nitrogens with zero attached hydrogens (tertiary/aromatic N) is 3. The summed E-state index contributed by atoms with van der Waals surface area (Å²) in [6, 6.07) is 23.1. The molecule has 172 valence electrons. The predicted molar refractivity (Wildman–Crippen MR) is 130 cm³/mol. The fraction of sp³-hybridized carbons (Fsp3) is 0.154. The third-order valence-electron chi connectivity index (χ3n) is 5.99. The molecule has 1 atom stereocenters. The highest BCUT2D eigenvalue weighted by molar-refractivity contribution is 7.92. The van der Waals surface area contributed by atoms with Crippen LogP contribution in [-0.4, -0.2) is 30.4 Å². The lowest BCUT2D eigenvalue weighted by Crippen LogP contribution is -2.32. The number of benzene rings is 3. The predicted octanol–water partition coefficient (Wildman–Crippen LogP) is 3.81. The molecule has 1 N–H and O–H groups in total. The fourth-order valence-electron chi connectivity index (χ4n) is 4.25. The summed E-state index contributed by atoms with van der Waals surface area (Å²) in [6.07, 6.45) is 5.89. The minimum Gasteiger partial charge on any atom is -0.343 e. The van der Waals surface area contributed by atoms with Crippen molar-refractivity contribution in [3.8, 4) is 0 Å². The molecular formula is C26H24N4O3S. The number of anilines is 1. The zero-order valence-electron chi connectivity index (χ0n) is 18.4. The van der Waals surface area contributed by atoms with Crippen LogP contribution in [0.2, 0.25) is 0 Å². The molecule has 5 rings (SSSR count). The maximum Gasteiger partial charge on any atom is 0.264 e. The second kappa shape index (κ2) is 9.15. The van der Waals surface area contributed by atoms with Gasteiger partial charge in [0.15, 0.2) is 0 Å². The number of rotatable bonds is 7. The second-order valence-corrected chi connectivity index (χ2v) is 10.0. The number of aromatic nitrogens is 2. The molecule has 8 heteroatoms. The Morgan fingerprint density at radius 1 is 1.00 bits per heavy atom. The Morgan fingerprint density at radius 2 is 1.79 bits per heavy atom. The van der Waals surface area contributed by atoms with Gasteiger partial charge in [-0.2, -0.15) is 0 Å². The highest BCUT2D eigenvalue weighted by Gasteiger charge is 2.31. The van der Waals surface area contributed by atoms with Gasteiger partial charge in [0, 0.05) is 31.0 Å².